The van der Waals surface area contributed by atoms with Crippen molar-refractivity contribution in [3.63, 3.8) is 0 Å². The van der Waals surface area contributed by atoms with Crippen molar-refractivity contribution in [1.29, 1.82) is 0 Å². The Hall–Kier alpha value is -3.85. The van der Waals surface area contributed by atoms with Gasteiger partial charge in [-0.2, -0.15) is 0 Å². The number of anilines is 1. The van der Waals surface area contributed by atoms with Gasteiger partial charge in [0.05, 0.1) is 11.1 Å². The van der Waals surface area contributed by atoms with E-state index in [0.717, 1.165) is 85.8 Å². The average molecular weight is 626 g/mol. The fraction of sp³-hybridized carbons (Fsp3) is 0.541. The summed E-state index contributed by atoms with van der Waals surface area (Å²) in [7, 11) is 0. The van der Waals surface area contributed by atoms with E-state index >= 15 is 0 Å². The third-order valence-electron chi connectivity index (χ3n) is 10.8. The lowest BCUT2D eigenvalue weighted by molar-refractivity contribution is 0.0327. The van der Waals surface area contributed by atoms with E-state index in [9.17, 15) is 14.4 Å². The van der Waals surface area contributed by atoms with Gasteiger partial charge in [0.15, 0.2) is 0 Å². The van der Waals surface area contributed by atoms with Crippen LogP contribution in [0.3, 0.4) is 0 Å². The molecule has 9 heteroatoms. The first kappa shape index (κ1) is 30.8. The summed E-state index contributed by atoms with van der Waals surface area (Å²) in [6, 6.07) is 14.6. The molecule has 3 aromatic rings. The molecule has 0 bridgehead atoms. The van der Waals surface area contributed by atoms with Crippen LogP contribution < -0.4 is 11.1 Å². The normalized spacial score (nSPS) is 23.8. The summed E-state index contributed by atoms with van der Waals surface area (Å²) in [6.07, 6.45) is 8.85. The van der Waals surface area contributed by atoms with E-state index in [1.54, 1.807) is 6.07 Å². The number of carbonyl (C=O) groups is 3. The molecule has 2 saturated heterocycles. The van der Waals surface area contributed by atoms with Crippen LogP contribution in [0.4, 0.5) is 10.5 Å². The number of fused-ring (bicyclic) bond motifs is 3. The number of piperidine rings is 1. The minimum atomic E-state index is -0.481. The van der Waals surface area contributed by atoms with Gasteiger partial charge in [0.1, 0.15) is 6.10 Å². The Labute approximate surface area is 271 Å². The van der Waals surface area contributed by atoms with Gasteiger partial charge in [0.25, 0.3) is 5.91 Å². The predicted molar refractivity (Wildman–Crippen MR) is 180 cm³/mol. The monoisotopic (exact) mass is 625 g/mol. The van der Waals surface area contributed by atoms with Gasteiger partial charge in [-0.25, -0.2) is 4.79 Å². The number of primary amides is 1. The number of nitrogens with two attached hydrogens (primary N) is 1. The van der Waals surface area contributed by atoms with Crippen LogP contribution in [0, 0.1) is 5.41 Å². The maximum Gasteiger partial charge on any atom is 0.410 e. The zero-order valence-electron chi connectivity index (χ0n) is 27.2. The molecule has 1 saturated carbocycles. The Balaban J connectivity index is 1.04. The van der Waals surface area contributed by atoms with Crippen LogP contribution in [0.15, 0.2) is 42.5 Å². The molecule has 244 valence electrons. The number of likely N-dealkylation sites (tertiary alicyclic amines) is 2. The first-order valence-electron chi connectivity index (χ1n) is 17.2. The molecule has 3 aliphatic heterocycles. The van der Waals surface area contributed by atoms with Crippen LogP contribution in [0.25, 0.3) is 22.0 Å². The van der Waals surface area contributed by atoms with Gasteiger partial charge in [-0.1, -0.05) is 38.1 Å². The predicted octanol–water partition coefficient (Wildman–Crippen LogP) is 6.44. The second-order valence-corrected chi connectivity index (χ2v) is 14.7. The number of ether oxygens (including phenoxy) is 1. The quantitative estimate of drug-likeness (QED) is 0.326. The molecule has 0 radical (unpaired) electrons. The lowest BCUT2D eigenvalue weighted by Gasteiger charge is -2.37. The van der Waals surface area contributed by atoms with Crippen LogP contribution in [0.1, 0.15) is 92.5 Å². The van der Waals surface area contributed by atoms with Crippen molar-refractivity contribution < 1.29 is 19.1 Å². The van der Waals surface area contributed by atoms with E-state index in [2.05, 4.69) is 30.1 Å². The zero-order chi connectivity index (χ0) is 32.0. The van der Waals surface area contributed by atoms with Crippen molar-refractivity contribution in [3.8, 4) is 11.1 Å². The van der Waals surface area contributed by atoms with E-state index < -0.39 is 5.91 Å². The molecule has 4 heterocycles. The van der Waals surface area contributed by atoms with Crippen molar-refractivity contribution in [1.82, 2.24) is 14.4 Å². The highest BCUT2D eigenvalue weighted by molar-refractivity contribution is 6.06. The lowest BCUT2D eigenvalue weighted by atomic mass is 9.80. The fourth-order valence-corrected chi connectivity index (χ4v) is 8.39. The molecule has 46 heavy (non-hydrogen) atoms. The SMILES string of the molecule is CC1(C)CC(=O)n2c(c(-c3ccc(C(N)=O)c(N[C@H]4CC[C@H](OC(=O)N5CCC(N6CCCC6)CC5)CC4)c3)c3ccccc32)C1. The van der Waals surface area contributed by atoms with Gasteiger partial charge in [0, 0.05) is 53.9 Å². The molecular weight excluding hydrogens is 578 g/mol. The highest BCUT2D eigenvalue weighted by Crippen LogP contribution is 2.43. The first-order chi connectivity index (χ1) is 22.2. The Morgan fingerprint density at radius 2 is 1.63 bits per heavy atom. The number of benzene rings is 2. The zero-order valence-corrected chi connectivity index (χ0v) is 27.2. The highest BCUT2D eigenvalue weighted by Gasteiger charge is 2.36. The number of amides is 2. The van der Waals surface area contributed by atoms with Crippen molar-refractivity contribution in [2.24, 2.45) is 11.1 Å². The standard InChI is InChI=1S/C37H47N5O4/c1-37(2)22-32-34(29-7-3-4-8-31(29)42(32)33(43)23-37)24-9-14-28(35(38)44)30(21-24)39-25-10-12-27(13-11-25)46-36(45)41-19-15-26(16-20-41)40-17-5-6-18-40/h3-4,7-9,14,21,25-27,39H,5-6,10-13,15-20,22-23H2,1-2H3,(H2,38,44)/t25-,27-. The topological polar surface area (TPSA) is 110 Å². The maximum absolute atomic E-state index is 13.3. The van der Waals surface area contributed by atoms with Gasteiger partial charge >= 0.3 is 6.09 Å². The van der Waals surface area contributed by atoms with E-state index in [-0.39, 0.29) is 29.6 Å². The van der Waals surface area contributed by atoms with Crippen LogP contribution in [-0.2, 0) is 11.2 Å². The summed E-state index contributed by atoms with van der Waals surface area (Å²) < 4.78 is 7.87. The van der Waals surface area contributed by atoms with Gasteiger partial charge in [-0.15, -0.1) is 0 Å². The molecule has 3 fully saturated rings. The fourth-order valence-electron chi connectivity index (χ4n) is 8.39. The second kappa shape index (κ2) is 12.4. The number of rotatable bonds is 6. The third-order valence-corrected chi connectivity index (χ3v) is 10.8. The Bertz CT molecular complexity index is 1640. The number of nitrogens with zero attached hydrogens (tertiary/aromatic N) is 3. The Morgan fingerprint density at radius 3 is 2.35 bits per heavy atom. The number of carbonyl (C=O) groups excluding carboxylic acids is 3. The first-order valence-corrected chi connectivity index (χ1v) is 17.2. The molecule has 7 rings (SSSR count). The molecule has 0 spiro atoms. The van der Waals surface area contributed by atoms with Gasteiger partial charge in [-0.05, 0) is 100 Å². The smallest absolute Gasteiger partial charge is 0.410 e. The lowest BCUT2D eigenvalue weighted by Crippen LogP contribution is -2.47. The van der Waals surface area contributed by atoms with Crippen molar-refractivity contribution in [3.05, 3.63) is 53.7 Å². The maximum atomic E-state index is 13.3. The molecule has 0 unspecified atom stereocenters. The van der Waals surface area contributed by atoms with Crippen LogP contribution in [-0.4, -0.2) is 76.6 Å². The molecule has 1 aliphatic carbocycles. The number of nitrogens with one attached hydrogen (secondary N) is 1. The number of para-hydroxylation sites is 1. The molecule has 9 nitrogen and oxygen atoms in total. The summed E-state index contributed by atoms with van der Waals surface area (Å²) in [6.45, 7) is 8.23. The molecule has 1 aromatic heterocycles. The number of aromatic nitrogens is 1. The van der Waals surface area contributed by atoms with E-state index in [0.29, 0.717) is 23.7 Å². The van der Waals surface area contributed by atoms with Gasteiger partial charge in [0.2, 0.25) is 5.91 Å². The summed E-state index contributed by atoms with van der Waals surface area (Å²) in [5.41, 5.74) is 10.8. The molecular formula is C37H47N5O4. The summed E-state index contributed by atoms with van der Waals surface area (Å²) >= 11 is 0. The number of hydrogen-bond donors (Lipinski definition) is 2. The van der Waals surface area contributed by atoms with Gasteiger partial charge in [-0.3, -0.25) is 14.2 Å². The summed E-state index contributed by atoms with van der Waals surface area (Å²) in [5, 5.41) is 4.66. The molecule has 0 atom stereocenters. The Morgan fingerprint density at radius 1 is 0.913 bits per heavy atom. The van der Waals surface area contributed by atoms with Gasteiger partial charge < -0.3 is 25.6 Å². The summed E-state index contributed by atoms with van der Waals surface area (Å²) in [5.74, 6) is -0.366. The van der Waals surface area contributed by atoms with E-state index in [1.807, 2.05) is 39.8 Å². The minimum Gasteiger partial charge on any atom is -0.446 e. The number of hydrogen-bond acceptors (Lipinski definition) is 6. The van der Waals surface area contributed by atoms with Crippen LogP contribution in [0.2, 0.25) is 0 Å². The molecule has 4 aliphatic rings. The van der Waals surface area contributed by atoms with Crippen molar-refractivity contribution >= 4 is 34.5 Å². The minimum absolute atomic E-state index is 0.0936. The summed E-state index contributed by atoms with van der Waals surface area (Å²) in [4.78, 5) is 43.3. The molecule has 3 N–H and O–H groups in total. The van der Waals surface area contributed by atoms with Crippen LogP contribution >= 0.6 is 0 Å². The average Bonchev–Trinajstić information content (AvgIpc) is 3.68. The Kier molecular flexibility index (Phi) is 8.30. The molecule has 2 amide bonds. The van der Waals surface area contributed by atoms with Crippen molar-refractivity contribution in [2.45, 2.75) is 96.2 Å². The highest BCUT2D eigenvalue weighted by atomic mass is 16.6. The largest absolute Gasteiger partial charge is 0.446 e. The van der Waals surface area contributed by atoms with E-state index in [1.165, 1.54) is 25.9 Å². The van der Waals surface area contributed by atoms with E-state index in [4.69, 9.17) is 10.5 Å². The van der Waals surface area contributed by atoms with Crippen LogP contribution in [0.5, 0.6) is 0 Å². The second-order valence-electron chi connectivity index (χ2n) is 14.7. The third kappa shape index (κ3) is 6.01. The van der Waals surface area contributed by atoms with Crippen molar-refractivity contribution in [2.75, 3.05) is 31.5 Å². The molecule has 2 aromatic carbocycles.